The van der Waals surface area contributed by atoms with Gasteiger partial charge in [0.25, 0.3) is 0 Å². The van der Waals surface area contributed by atoms with E-state index in [0.717, 1.165) is 18.4 Å². The summed E-state index contributed by atoms with van der Waals surface area (Å²) in [7, 11) is 0. The number of amides is 1. The van der Waals surface area contributed by atoms with Crippen molar-refractivity contribution in [3.63, 3.8) is 0 Å². The van der Waals surface area contributed by atoms with Crippen LogP contribution in [0, 0.1) is 0 Å². The van der Waals surface area contributed by atoms with Gasteiger partial charge in [-0.15, -0.1) is 0 Å². The summed E-state index contributed by atoms with van der Waals surface area (Å²) in [6, 6.07) is 17.8. The molecule has 2 aromatic carbocycles. The first-order chi connectivity index (χ1) is 11.5. The Morgan fingerprint density at radius 3 is 2.46 bits per heavy atom. The predicted octanol–water partition coefficient (Wildman–Crippen LogP) is 4.25. The maximum atomic E-state index is 13.0. The molecule has 0 heterocycles. The maximum Gasteiger partial charge on any atom is 0.223 e. The molecule has 1 aliphatic carbocycles. The molecule has 1 aliphatic rings. The second-order valence-electron chi connectivity index (χ2n) is 7.35. The zero-order valence-electron chi connectivity index (χ0n) is 14.4. The highest BCUT2D eigenvalue weighted by molar-refractivity contribution is 5.78. The number of nitrogens with zero attached hydrogens (tertiary/aromatic N) is 1. The molecule has 0 spiro atoms. The van der Waals surface area contributed by atoms with E-state index in [4.69, 9.17) is 0 Å². The minimum absolute atomic E-state index is 0.190. The Hall–Kier alpha value is -2.29. The van der Waals surface area contributed by atoms with E-state index in [1.807, 2.05) is 35.2 Å². The number of hydrogen-bond donors (Lipinski definition) is 1. The minimum atomic E-state index is -0.190. The lowest BCUT2D eigenvalue weighted by atomic mass is 9.81. The van der Waals surface area contributed by atoms with Gasteiger partial charge >= 0.3 is 0 Å². The van der Waals surface area contributed by atoms with Crippen LogP contribution in [0.1, 0.15) is 44.2 Å². The van der Waals surface area contributed by atoms with Gasteiger partial charge in [0.1, 0.15) is 5.75 Å². The zero-order chi connectivity index (χ0) is 17.2. The van der Waals surface area contributed by atoms with Gasteiger partial charge in [-0.1, -0.05) is 56.3 Å². The van der Waals surface area contributed by atoms with Crippen molar-refractivity contribution in [3.8, 4) is 5.75 Å². The number of phenols is 1. The zero-order valence-corrected chi connectivity index (χ0v) is 14.4. The Labute approximate surface area is 143 Å². The van der Waals surface area contributed by atoms with Crippen LogP contribution in [0.25, 0.3) is 0 Å². The maximum absolute atomic E-state index is 13.0. The predicted molar refractivity (Wildman–Crippen MR) is 95.8 cm³/mol. The first-order valence-corrected chi connectivity index (χ1v) is 8.58. The fourth-order valence-corrected chi connectivity index (χ4v) is 3.13. The smallest absolute Gasteiger partial charge is 0.223 e. The molecule has 1 N–H and O–H groups in total. The molecule has 3 nitrogen and oxygen atoms in total. The van der Waals surface area contributed by atoms with E-state index in [0.29, 0.717) is 19.0 Å². The summed E-state index contributed by atoms with van der Waals surface area (Å²) in [6.07, 6.45) is 2.65. The number of aromatic hydroxyl groups is 1. The van der Waals surface area contributed by atoms with Crippen LogP contribution in [0.15, 0.2) is 54.6 Å². The first kappa shape index (κ1) is 16.6. The summed E-state index contributed by atoms with van der Waals surface area (Å²) in [5.74, 6) is 0.440. The highest BCUT2D eigenvalue weighted by atomic mass is 16.3. The molecule has 0 bridgehead atoms. The van der Waals surface area contributed by atoms with E-state index in [-0.39, 0.29) is 17.1 Å². The number of rotatable bonds is 6. The monoisotopic (exact) mass is 323 g/mol. The summed E-state index contributed by atoms with van der Waals surface area (Å²) in [5.41, 5.74) is 1.98. The quantitative estimate of drug-likeness (QED) is 0.863. The Balaban J connectivity index is 1.73. The SMILES string of the molecule is CC(C)(CC(=O)N(Cc1cccc(O)c1)C1CC1)c1ccccc1. The summed E-state index contributed by atoms with van der Waals surface area (Å²) >= 11 is 0. The van der Waals surface area contributed by atoms with Crippen molar-refractivity contribution in [2.45, 2.75) is 51.1 Å². The van der Waals surface area contributed by atoms with Crippen molar-refractivity contribution >= 4 is 5.91 Å². The number of benzene rings is 2. The molecule has 126 valence electrons. The van der Waals surface area contributed by atoms with Gasteiger partial charge in [0.2, 0.25) is 5.91 Å². The minimum Gasteiger partial charge on any atom is -0.508 e. The third kappa shape index (κ3) is 3.97. The molecule has 1 amide bonds. The van der Waals surface area contributed by atoms with Crippen LogP contribution < -0.4 is 0 Å². The summed E-state index contributed by atoms with van der Waals surface area (Å²) in [6.45, 7) is 4.82. The van der Waals surface area contributed by atoms with E-state index < -0.39 is 0 Å². The molecule has 3 rings (SSSR count). The van der Waals surface area contributed by atoms with E-state index >= 15 is 0 Å². The molecule has 24 heavy (non-hydrogen) atoms. The molecule has 0 radical (unpaired) electrons. The second-order valence-corrected chi connectivity index (χ2v) is 7.35. The van der Waals surface area contributed by atoms with Crippen LogP contribution in [0.4, 0.5) is 0 Å². The Kier molecular flexibility index (Phi) is 4.61. The third-order valence-electron chi connectivity index (χ3n) is 4.72. The van der Waals surface area contributed by atoms with Crippen LogP contribution in [0.3, 0.4) is 0 Å². The lowest BCUT2D eigenvalue weighted by Crippen LogP contribution is -2.36. The van der Waals surface area contributed by atoms with Gasteiger partial charge in [-0.2, -0.15) is 0 Å². The fourth-order valence-electron chi connectivity index (χ4n) is 3.13. The molecule has 0 atom stereocenters. The van der Waals surface area contributed by atoms with Crippen molar-refractivity contribution in [2.75, 3.05) is 0 Å². The Morgan fingerprint density at radius 1 is 1.12 bits per heavy atom. The standard InChI is InChI=1S/C21H25NO2/c1-21(2,17-8-4-3-5-9-17)14-20(24)22(18-11-12-18)15-16-7-6-10-19(23)13-16/h3-10,13,18,23H,11-12,14-15H2,1-2H3. The van der Waals surface area contributed by atoms with Crippen molar-refractivity contribution < 1.29 is 9.90 Å². The fraction of sp³-hybridized carbons (Fsp3) is 0.381. The molecule has 0 saturated heterocycles. The number of phenolic OH excluding ortho intramolecular Hbond substituents is 1. The van der Waals surface area contributed by atoms with Crippen LogP contribution in [-0.4, -0.2) is 22.0 Å². The Bertz CT molecular complexity index is 705. The molecule has 2 aromatic rings. The van der Waals surface area contributed by atoms with Gasteiger partial charge in [0.05, 0.1) is 0 Å². The van der Waals surface area contributed by atoms with Gasteiger partial charge in [-0.05, 0) is 41.5 Å². The van der Waals surface area contributed by atoms with Gasteiger partial charge < -0.3 is 10.0 Å². The van der Waals surface area contributed by atoms with Crippen molar-refractivity contribution in [2.24, 2.45) is 0 Å². The second kappa shape index (κ2) is 6.68. The lowest BCUT2D eigenvalue weighted by Gasteiger charge is -2.30. The van der Waals surface area contributed by atoms with Gasteiger partial charge in [0.15, 0.2) is 0 Å². The molecular formula is C21H25NO2. The number of carbonyl (C=O) groups excluding carboxylic acids is 1. The summed E-state index contributed by atoms with van der Waals surface area (Å²) in [5, 5.41) is 9.65. The van der Waals surface area contributed by atoms with E-state index in [1.165, 1.54) is 5.56 Å². The lowest BCUT2D eigenvalue weighted by molar-refractivity contribution is -0.133. The number of hydrogen-bond acceptors (Lipinski definition) is 2. The highest BCUT2D eigenvalue weighted by Crippen LogP contribution is 2.33. The van der Waals surface area contributed by atoms with E-state index in [9.17, 15) is 9.90 Å². The van der Waals surface area contributed by atoms with Gasteiger partial charge in [-0.25, -0.2) is 0 Å². The normalized spacial score (nSPS) is 14.4. The van der Waals surface area contributed by atoms with Gasteiger partial charge in [-0.3, -0.25) is 4.79 Å². The topological polar surface area (TPSA) is 40.5 Å². The molecule has 3 heteroatoms. The first-order valence-electron chi connectivity index (χ1n) is 8.58. The average Bonchev–Trinajstić information content (AvgIpc) is 3.38. The van der Waals surface area contributed by atoms with Crippen LogP contribution in [0.2, 0.25) is 0 Å². The Morgan fingerprint density at radius 2 is 1.83 bits per heavy atom. The average molecular weight is 323 g/mol. The number of carbonyl (C=O) groups is 1. The van der Waals surface area contributed by atoms with Crippen molar-refractivity contribution in [1.82, 2.24) is 4.90 Å². The molecule has 1 saturated carbocycles. The summed E-state index contributed by atoms with van der Waals surface area (Å²) < 4.78 is 0. The van der Waals surface area contributed by atoms with E-state index in [2.05, 4.69) is 26.0 Å². The molecule has 0 unspecified atom stereocenters. The van der Waals surface area contributed by atoms with E-state index in [1.54, 1.807) is 12.1 Å². The van der Waals surface area contributed by atoms with Crippen LogP contribution >= 0.6 is 0 Å². The van der Waals surface area contributed by atoms with Gasteiger partial charge in [0, 0.05) is 19.0 Å². The van der Waals surface area contributed by atoms with Crippen LogP contribution in [0.5, 0.6) is 5.75 Å². The largest absolute Gasteiger partial charge is 0.508 e. The highest BCUT2D eigenvalue weighted by Gasteiger charge is 2.35. The van der Waals surface area contributed by atoms with Crippen LogP contribution in [-0.2, 0) is 16.8 Å². The summed E-state index contributed by atoms with van der Waals surface area (Å²) in [4.78, 5) is 15.0. The molecule has 0 aromatic heterocycles. The molecular weight excluding hydrogens is 298 g/mol. The van der Waals surface area contributed by atoms with Crippen molar-refractivity contribution in [1.29, 1.82) is 0 Å². The van der Waals surface area contributed by atoms with Crippen molar-refractivity contribution in [3.05, 3.63) is 65.7 Å². The molecule has 0 aliphatic heterocycles. The third-order valence-corrected chi connectivity index (χ3v) is 4.72. The molecule has 1 fully saturated rings.